The monoisotopic (exact) mass is 466 g/mol. The molecule has 1 aliphatic rings. The third-order valence-corrected chi connectivity index (χ3v) is 7.19. The normalized spacial score (nSPS) is 18.2. The lowest BCUT2D eigenvalue weighted by Gasteiger charge is -2.28. The van der Waals surface area contributed by atoms with Gasteiger partial charge < -0.3 is 9.47 Å². The summed E-state index contributed by atoms with van der Waals surface area (Å²) >= 11 is 5.97. The Bertz CT molecular complexity index is 1040. The number of rotatable bonds is 8. The highest BCUT2D eigenvalue weighted by molar-refractivity contribution is 6.32. The summed E-state index contributed by atoms with van der Waals surface area (Å²) < 4.78 is 25.0. The second kappa shape index (κ2) is 11.1. The highest BCUT2D eigenvalue weighted by Crippen LogP contribution is 2.38. The minimum Gasteiger partial charge on any atom is -0.495 e. The summed E-state index contributed by atoms with van der Waals surface area (Å²) in [4.78, 5) is 0. The molecule has 1 fully saturated rings. The maximum atomic E-state index is 14.3. The van der Waals surface area contributed by atoms with Crippen molar-refractivity contribution < 1.29 is 13.9 Å². The van der Waals surface area contributed by atoms with Crippen LogP contribution in [0.5, 0.6) is 11.5 Å². The van der Waals surface area contributed by atoms with Crippen LogP contribution in [0.15, 0.2) is 60.7 Å². The van der Waals surface area contributed by atoms with Crippen LogP contribution in [0, 0.1) is 11.7 Å². The van der Waals surface area contributed by atoms with Gasteiger partial charge >= 0.3 is 0 Å². The maximum absolute atomic E-state index is 14.3. The standard InChI is InChI=1S/C29H32ClFO2/c1-3-4-20-5-9-22(10-6-20)24-13-15-25(16-14-24)23-11-7-21(8-12-23)19-33-27-18-17-26(32-2)28(30)29(27)31/h7-8,11-18,20,22H,3-6,9-10,19H2,1-2H3. The molecule has 4 heteroatoms. The SMILES string of the molecule is CCCC1CCC(c2ccc(-c3ccc(COc4ccc(OC)c(Cl)c4F)cc3)cc2)CC1. The van der Waals surface area contributed by atoms with Crippen molar-refractivity contribution in [2.45, 2.75) is 58.0 Å². The zero-order valence-electron chi connectivity index (χ0n) is 19.5. The summed E-state index contributed by atoms with van der Waals surface area (Å²) in [6.07, 6.45) is 8.07. The average Bonchev–Trinajstić information content (AvgIpc) is 2.86. The van der Waals surface area contributed by atoms with Gasteiger partial charge in [0.2, 0.25) is 0 Å². The second-order valence-electron chi connectivity index (χ2n) is 9.01. The van der Waals surface area contributed by atoms with E-state index in [1.807, 2.05) is 12.1 Å². The first-order valence-corrected chi connectivity index (χ1v) is 12.3. The Kier molecular flexibility index (Phi) is 7.93. The Balaban J connectivity index is 1.35. The van der Waals surface area contributed by atoms with E-state index >= 15 is 0 Å². The second-order valence-corrected chi connectivity index (χ2v) is 9.39. The van der Waals surface area contributed by atoms with Gasteiger partial charge in [-0.15, -0.1) is 0 Å². The molecule has 0 spiro atoms. The Labute approximate surface area is 201 Å². The Morgan fingerprint density at radius 1 is 0.848 bits per heavy atom. The minimum atomic E-state index is -0.605. The summed E-state index contributed by atoms with van der Waals surface area (Å²) in [6, 6.07) is 20.4. The zero-order chi connectivity index (χ0) is 23.2. The van der Waals surface area contributed by atoms with Crippen LogP contribution in [0.1, 0.15) is 62.5 Å². The molecule has 0 amide bonds. The van der Waals surface area contributed by atoms with Gasteiger partial charge in [0, 0.05) is 0 Å². The van der Waals surface area contributed by atoms with E-state index in [9.17, 15) is 4.39 Å². The van der Waals surface area contributed by atoms with Gasteiger partial charge in [-0.2, -0.15) is 0 Å². The predicted molar refractivity (Wildman–Crippen MR) is 134 cm³/mol. The molecule has 0 unspecified atom stereocenters. The topological polar surface area (TPSA) is 18.5 Å². The van der Waals surface area contributed by atoms with Crippen LogP contribution in [0.2, 0.25) is 5.02 Å². The van der Waals surface area contributed by atoms with Gasteiger partial charge in [-0.25, -0.2) is 4.39 Å². The number of hydrogen-bond donors (Lipinski definition) is 0. The molecule has 0 aromatic heterocycles. The largest absolute Gasteiger partial charge is 0.495 e. The van der Waals surface area contributed by atoms with Crippen molar-refractivity contribution in [3.8, 4) is 22.6 Å². The number of benzene rings is 3. The molecule has 33 heavy (non-hydrogen) atoms. The van der Waals surface area contributed by atoms with Crippen LogP contribution in [-0.2, 0) is 6.61 Å². The highest BCUT2D eigenvalue weighted by Gasteiger charge is 2.21. The Morgan fingerprint density at radius 3 is 2.06 bits per heavy atom. The first-order valence-electron chi connectivity index (χ1n) is 11.9. The van der Waals surface area contributed by atoms with Crippen molar-refractivity contribution in [1.29, 1.82) is 0 Å². The molecule has 0 aliphatic heterocycles. The summed E-state index contributed by atoms with van der Waals surface area (Å²) in [6.45, 7) is 2.56. The fourth-order valence-electron chi connectivity index (χ4n) is 4.88. The Hall–Kier alpha value is -2.52. The summed E-state index contributed by atoms with van der Waals surface area (Å²) in [7, 11) is 1.45. The highest BCUT2D eigenvalue weighted by atomic mass is 35.5. The number of halogens is 2. The molecular weight excluding hydrogens is 435 g/mol. The minimum absolute atomic E-state index is 0.0669. The average molecular weight is 467 g/mol. The van der Waals surface area contributed by atoms with E-state index in [1.165, 1.54) is 62.8 Å². The lowest BCUT2D eigenvalue weighted by atomic mass is 9.77. The van der Waals surface area contributed by atoms with E-state index in [0.29, 0.717) is 11.7 Å². The van der Waals surface area contributed by atoms with Crippen LogP contribution in [0.4, 0.5) is 4.39 Å². The quantitative estimate of drug-likeness (QED) is 0.330. The van der Waals surface area contributed by atoms with E-state index in [0.717, 1.165) is 17.0 Å². The predicted octanol–water partition coefficient (Wildman–Crippen LogP) is 8.81. The van der Waals surface area contributed by atoms with E-state index in [4.69, 9.17) is 21.1 Å². The van der Waals surface area contributed by atoms with Crippen molar-refractivity contribution in [2.24, 2.45) is 5.92 Å². The number of methoxy groups -OCH3 is 1. The molecule has 3 aromatic rings. The first kappa shape index (κ1) is 23.6. The van der Waals surface area contributed by atoms with Gasteiger partial charge in [-0.1, -0.05) is 79.9 Å². The zero-order valence-corrected chi connectivity index (χ0v) is 20.2. The number of ether oxygens (including phenoxy) is 2. The maximum Gasteiger partial charge on any atom is 0.187 e. The third-order valence-electron chi connectivity index (χ3n) is 6.84. The van der Waals surface area contributed by atoms with Crippen LogP contribution in [-0.4, -0.2) is 7.11 Å². The van der Waals surface area contributed by atoms with Gasteiger partial charge in [0.25, 0.3) is 0 Å². The van der Waals surface area contributed by atoms with Gasteiger partial charge in [0.1, 0.15) is 17.4 Å². The van der Waals surface area contributed by atoms with Crippen molar-refractivity contribution in [3.05, 3.63) is 82.6 Å². The molecule has 0 N–H and O–H groups in total. The molecule has 0 radical (unpaired) electrons. The van der Waals surface area contributed by atoms with Crippen molar-refractivity contribution >= 4 is 11.6 Å². The summed E-state index contributed by atoms with van der Waals surface area (Å²) in [5.74, 6) is 1.45. The molecule has 1 saturated carbocycles. The van der Waals surface area contributed by atoms with Crippen LogP contribution < -0.4 is 9.47 Å². The van der Waals surface area contributed by atoms with Crippen LogP contribution >= 0.6 is 11.6 Å². The fourth-order valence-corrected chi connectivity index (χ4v) is 5.11. The molecule has 3 aromatic carbocycles. The fraction of sp³-hybridized carbons (Fsp3) is 0.379. The third kappa shape index (κ3) is 5.70. The molecule has 4 rings (SSSR count). The van der Waals surface area contributed by atoms with E-state index in [1.54, 1.807) is 6.07 Å². The molecule has 174 valence electrons. The molecule has 0 atom stereocenters. The molecule has 0 bridgehead atoms. The van der Waals surface area contributed by atoms with Gasteiger partial charge in [0.15, 0.2) is 11.6 Å². The first-order chi connectivity index (χ1) is 16.1. The lowest BCUT2D eigenvalue weighted by molar-refractivity contribution is 0.289. The number of hydrogen-bond acceptors (Lipinski definition) is 2. The summed E-state index contributed by atoms with van der Waals surface area (Å²) in [5, 5.41) is -0.0669. The molecule has 2 nitrogen and oxygen atoms in total. The lowest BCUT2D eigenvalue weighted by Crippen LogP contribution is -2.13. The molecule has 0 saturated heterocycles. The molecular formula is C29H32ClFO2. The molecule has 0 heterocycles. The van der Waals surface area contributed by atoms with Crippen molar-refractivity contribution in [2.75, 3.05) is 7.11 Å². The van der Waals surface area contributed by atoms with Gasteiger partial charge in [0.05, 0.1) is 7.11 Å². The Morgan fingerprint density at radius 2 is 1.45 bits per heavy atom. The van der Waals surface area contributed by atoms with Crippen LogP contribution in [0.3, 0.4) is 0 Å². The van der Waals surface area contributed by atoms with E-state index < -0.39 is 5.82 Å². The molecule has 1 aliphatic carbocycles. The van der Waals surface area contributed by atoms with E-state index in [2.05, 4.69) is 43.3 Å². The summed E-state index contributed by atoms with van der Waals surface area (Å²) in [5.41, 5.74) is 4.80. The van der Waals surface area contributed by atoms with Crippen LogP contribution in [0.25, 0.3) is 11.1 Å². The van der Waals surface area contributed by atoms with Gasteiger partial charge in [-0.3, -0.25) is 0 Å². The van der Waals surface area contributed by atoms with Crippen molar-refractivity contribution in [1.82, 2.24) is 0 Å². The smallest absolute Gasteiger partial charge is 0.187 e. The van der Waals surface area contributed by atoms with Crippen molar-refractivity contribution in [3.63, 3.8) is 0 Å². The van der Waals surface area contributed by atoms with Gasteiger partial charge in [-0.05, 0) is 71.9 Å². The van der Waals surface area contributed by atoms with E-state index in [-0.39, 0.29) is 17.4 Å².